The van der Waals surface area contributed by atoms with Crippen molar-refractivity contribution >= 4 is 5.69 Å². The van der Waals surface area contributed by atoms with E-state index in [2.05, 4.69) is 5.10 Å². The first-order chi connectivity index (χ1) is 8.10. The van der Waals surface area contributed by atoms with E-state index in [1.807, 2.05) is 13.0 Å². The second-order valence-corrected chi connectivity index (χ2v) is 3.72. The Kier molecular flexibility index (Phi) is 2.71. The summed E-state index contributed by atoms with van der Waals surface area (Å²) < 4.78 is 7.25. The van der Waals surface area contributed by atoms with E-state index in [0.717, 1.165) is 5.69 Å². The van der Waals surface area contributed by atoms with Crippen LogP contribution in [-0.4, -0.2) is 9.78 Å². The third-order valence-electron chi connectivity index (χ3n) is 2.30. The van der Waals surface area contributed by atoms with Crippen molar-refractivity contribution in [3.8, 4) is 17.7 Å². The number of hydrogen-bond acceptors (Lipinski definition) is 4. The van der Waals surface area contributed by atoms with Gasteiger partial charge in [-0.05, 0) is 25.1 Å². The van der Waals surface area contributed by atoms with Crippen molar-refractivity contribution in [2.75, 3.05) is 5.73 Å². The third kappa shape index (κ3) is 2.21. The molecule has 0 fully saturated rings. The lowest BCUT2D eigenvalue weighted by Gasteiger charge is -2.07. The lowest BCUT2D eigenvalue weighted by molar-refractivity contribution is 0.429. The number of aromatic nitrogens is 2. The molecule has 0 saturated carbocycles. The Labute approximate surface area is 99.0 Å². The number of nitriles is 1. The Hall–Kier alpha value is -2.48. The van der Waals surface area contributed by atoms with Gasteiger partial charge in [0.05, 0.1) is 11.3 Å². The van der Waals surface area contributed by atoms with E-state index < -0.39 is 0 Å². The van der Waals surface area contributed by atoms with Gasteiger partial charge in [-0.15, -0.1) is 0 Å². The summed E-state index contributed by atoms with van der Waals surface area (Å²) in [5, 5.41) is 13.2. The van der Waals surface area contributed by atoms with Gasteiger partial charge in [0.1, 0.15) is 11.8 Å². The SMILES string of the molecule is Cc1cc(Oc2ccc(N)cc2C#N)n(C)n1. The molecular weight excluding hydrogens is 216 g/mol. The number of ether oxygens (including phenoxy) is 1. The van der Waals surface area contributed by atoms with Crippen LogP contribution in [0, 0.1) is 18.3 Å². The quantitative estimate of drug-likeness (QED) is 0.797. The average molecular weight is 228 g/mol. The van der Waals surface area contributed by atoms with Gasteiger partial charge in [-0.3, -0.25) is 0 Å². The highest BCUT2D eigenvalue weighted by Gasteiger charge is 2.08. The summed E-state index contributed by atoms with van der Waals surface area (Å²) in [6.45, 7) is 1.88. The van der Waals surface area contributed by atoms with E-state index in [1.165, 1.54) is 0 Å². The van der Waals surface area contributed by atoms with Gasteiger partial charge in [-0.25, -0.2) is 4.68 Å². The molecule has 1 aromatic heterocycles. The first-order valence-electron chi connectivity index (χ1n) is 5.08. The highest BCUT2D eigenvalue weighted by Crippen LogP contribution is 2.26. The number of anilines is 1. The van der Waals surface area contributed by atoms with Gasteiger partial charge in [0.25, 0.3) is 0 Å². The molecule has 0 saturated heterocycles. The van der Waals surface area contributed by atoms with Crippen molar-refractivity contribution in [2.45, 2.75) is 6.92 Å². The first-order valence-corrected chi connectivity index (χ1v) is 5.08. The number of benzene rings is 1. The molecule has 0 spiro atoms. The van der Waals surface area contributed by atoms with Crippen LogP contribution in [-0.2, 0) is 7.05 Å². The Morgan fingerprint density at radius 3 is 2.76 bits per heavy atom. The minimum absolute atomic E-state index is 0.406. The van der Waals surface area contributed by atoms with Gasteiger partial charge in [0.2, 0.25) is 5.88 Å². The van der Waals surface area contributed by atoms with Crippen LogP contribution in [0.5, 0.6) is 11.6 Å². The van der Waals surface area contributed by atoms with Gasteiger partial charge < -0.3 is 10.5 Å². The van der Waals surface area contributed by atoms with Gasteiger partial charge in [-0.1, -0.05) is 0 Å². The summed E-state index contributed by atoms with van der Waals surface area (Å²) in [4.78, 5) is 0. The highest BCUT2D eigenvalue weighted by atomic mass is 16.5. The molecule has 17 heavy (non-hydrogen) atoms. The number of nitrogen functional groups attached to an aromatic ring is 1. The average Bonchev–Trinajstić information content (AvgIpc) is 2.60. The molecule has 1 heterocycles. The largest absolute Gasteiger partial charge is 0.438 e. The molecule has 0 amide bonds. The Bertz CT molecular complexity index is 595. The molecule has 5 nitrogen and oxygen atoms in total. The van der Waals surface area contributed by atoms with Crippen LogP contribution < -0.4 is 10.5 Å². The smallest absolute Gasteiger partial charge is 0.217 e. The zero-order valence-electron chi connectivity index (χ0n) is 9.64. The summed E-state index contributed by atoms with van der Waals surface area (Å²) in [5.74, 6) is 1.06. The monoisotopic (exact) mass is 228 g/mol. The minimum atomic E-state index is 0.406. The number of hydrogen-bond donors (Lipinski definition) is 1. The standard InChI is InChI=1S/C12H12N4O/c1-8-5-12(16(2)15-8)17-11-4-3-10(14)6-9(11)7-13/h3-6H,14H2,1-2H3. The normalized spacial score (nSPS) is 9.94. The van der Waals surface area contributed by atoms with E-state index in [9.17, 15) is 0 Å². The van der Waals surface area contributed by atoms with Crippen LogP contribution in [0.4, 0.5) is 5.69 Å². The van der Waals surface area contributed by atoms with Crippen molar-refractivity contribution in [1.82, 2.24) is 9.78 Å². The third-order valence-corrected chi connectivity index (χ3v) is 2.30. The molecule has 0 aliphatic carbocycles. The van der Waals surface area contributed by atoms with Crippen molar-refractivity contribution in [1.29, 1.82) is 5.26 Å². The van der Waals surface area contributed by atoms with E-state index in [4.69, 9.17) is 15.7 Å². The van der Waals surface area contributed by atoms with Gasteiger partial charge in [0.15, 0.2) is 0 Å². The predicted octanol–water partition coefficient (Wildman–Crippen LogP) is 1.97. The van der Waals surface area contributed by atoms with Crippen LogP contribution in [0.15, 0.2) is 24.3 Å². The lowest BCUT2D eigenvalue weighted by atomic mass is 10.2. The summed E-state index contributed by atoms with van der Waals surface area (Å²) >= 11 is 0. The molecule has 0 unspecified atom stereocenters. The molecule has 5 heteroatoms. The molecule has 2 N–H and O–H groups in total. The van der Waals surface area contributed by atoms with Gasteiger partial charge in [0, 0.05) is 18.8 Å². The van der Waals surface area contributed by atoms with Crippen LogP contribution >= 0.6 is 0 Å². The predicted molar refractivity (Wildman–Crippen MR) is 63.6 cm³/mol. The molecule has 0 atom stereocenters. The zero-order valence-corrected chi connectivity index (χ0v) is 9.64. The van der Waals surface area contributed by atoms with Gasteiger partial charge >= 0.3 is 0 Å². The van der Waals surface area contributed by atoms with E-state index in [-0.39, 0.29) is 0 Å². The summed E-state index contributed by atoms with van der Waals surface area (Å²) in [7, 11) is 1.78. The maximum Gasteiger partial charge on any atom is 0.217 e. The van der Waals surface area contributed by atoms with E-state index in [1.54, 1.807) is 36.0 Å². The molecule has 2 rings (SSSR count). The maximum absolute atomic E-state index is 8.99. The maximum atomic E-state index is 8.99. The summed E-state index contributed by atoms with van der Waals surface area (Å²) in [6.07, 6.45) is 0. The van der Waals surface area contributed by atoms with Crippen LogP contribution in [0.3, 0.4) is 0 Å². The van der Waals surface area contributed by atoms with Crippen molar-refractivity contribution in [3.05, 3.63) is 35.5 Å². The van der Waals surface area contributed by atoms with E-state index in [0.29, 0.717) is 22.9 Å². The van der Waals surface area contributed by atoms with Crippen molar-refractivity contribution in [3.63, 3.8) is 0 Å². The zero-order chi connectivity index (χ0) is 12.4. The van der Waals surface area contributed by atoms with Crippen molar-refractivity contribution in [2.24, 2.45) is 7.05 Å². The van der Waals surface area contributed by atoms with Crippen LogP contribution in [0.25, 0.3) is 0 Å². The van der Waals surface area contributed by atoms with Crippen LogP contribution in [0.2, 0.25) is 0 Å². The number of nitrogens with two attached hydrogens (primary N) is 1. The molecular formula is C12H12N4O. The Balaban J connectivity index is 2.37. The molecule has 86 valence electrons. The number of aryl methyl sites for hydroxylation is 2. The highest BCUT2D eigenvalue weighted by molar-refractivity contribution is 5.53. The number of nitrogens with zero attached hydrogens (tertiary/aromatic N) is 3. The fourth-order valence-electron chi connectivity index (χ4n) is 1.52. The molecule has 0 aliphatic rings. The first kappa shape index (κ1) is 11.0. The molecule has 0 aliphatic heterocycles. The Morgan fingerprint density at radius 1 is 1.41 bits per heavy atom. The lowest BCUT2D eigenvalue weighted by Crippen LogP contribution is -1.97. The van der Waals surface area contributed by atoms with Gasteiger partial charge in [-0.2, -0.15) is 10.4 Å². The summed E-state index contributed by atoms with van der Waals surface area (Å²) in [6, 6.07) is 8.80. The molecule has 0 radical (unpaired) electrons. The number of rotatable bonds is 2. The topological polar surface area (TPSA) is 76.9 Å². The Morgan fingerprint density at radius 2 is 2.18 bits per heavy atom. The van der Waals surface area contributed by atoms with E-state index >= 15 is 0 Å². The molecule has 1 aromatic carbocycles. The molecule has 0 bridgehead atoms. The van der Waals surface area contributed by atoms with Crippen LogP contribution in [0.1, 0.15) is 11.3 Å². The fraction of sp³-hybridized carbons (Fsp3) is 0.167. The second kappa shape index (κ2) is 4.18. The molecule has 2 aromatic rings. The summed E-state index contributed by atoms with van der Waals surface area (Å²) in [5.41, 5.74) is 7.41. The fourth-order valence-corrected chi connectivity index (χ4v) is 1.52. The minimum Gasteiger partial charge on any atom is -0.438 e. The second-order valence-electron chi connectivity index (χ2n) is 3.72. The van der Waals surface area contributed by atoms with Crippen molar-refractivity contribution < 1.29 is 4.74 Å².